The molecule has 0 spiro atoms. The van der Waals surface area contributed by atoms with E-state index in [9.17, 15) is 4.79 Å². The Kier molecular flexibility index (Phi) is 3.88. The minimum Gasteiger partial charge on any atom is -0.488 e. The van der Waals surface area contributed by atoms with Crippen molar-refractivity contribution in [3.63, 3.8) is 0 Å². The maximum Gasteiger partial charge on any atom is 0.134 e. The van der Waals surface area contributed by atoms with Gasteiger partial charge in [-0.1, -0.05) is 12.1 Å². The van der Waals surface area contributed by atoms with Gasteiger partial charge in [-0.15, -0.1) is 11.3 Å². The summed E-state index contributed by atoms with van der Waals surface area (Å²) in [5.74, 6) is 0.981. The van der Waals surface area contributed by atoms with Gasteiger partial charge >= 0.3 is 0 Å². The molecule has 0 bridgehead atoms. The van der Waals surface area contributed by atoms with E-state index < -0.39 is 0 Å². The zero-order chi connectivity index (χ0) is 12.1. The minimum atomic E-state index is 0.170. The number of aromatic nitrogens is 1. The molecule has 0 N–H and O–H groups in total. The number of benzene rings is 1. The average molecular weight is 247 g/mol. The molecule has 0 radical (unpaired) electrons. The molecule has 1 aromatic carbocycles. The van der Waals surface area contributed by atoms with Gasteiger partial charge in [-0.3, -0.25) is 9.78 Å². The summed E-state index contributed by atoms with van der Waals surface area (Å²) in [6.45, 7) is 2.13. The second kappa shape index (κ2) is 5.59. The van der Waals surface area contributed by atoms with Crippen molar-refractivity contribution >= 4 is 17.1 Å². The van der Waals surface area contributed by atoms with Crippen LogP contribution >= 0.6 is 11.3 Å². The number of ether oxygens (including phenoxy) is 1. The Labute approximate surface area is 104 Å². The van der Waals surface area contributed by atoms with Crippen molar-refractivity contribution in [2.24, 2.45) is 0 Å². The van der Waals surface area contributed by atoms with Gasteiger partial charge in [-0.05, 0) is 24.6 Å². The average Bonchev–Trinajstić information content (AvgIpc) is 2.80. The van der Waals surface area contributed by atoms with Gasteiger partial charge in [0.1, 0.15) is 18.1 Å². The Balaban J connectivity index is 1.91. The van der Waals surface area contributed by atoms with Crippen LogP contribution in [0.25, 0.3) is 0 Å². The smallest absolute Gasteiger partial charge is 0.134 e. The Morgan fingerprint density at radius 2 is 2.12 bits per heavy atom. The van der Waals surface area contributed by atoms with Gasteiger partial charge in [0.2, 0.25) is 0 Å². The lowest BCUT2D eigenvalue weighted by atomic mass is 10.1. The van der Waals surface area contributed by atoms with Crippen LogP contribution in [0.1, 0.15) is 17.4 Å². The fraction of sp³-hybridized carbons (Fsp3) is 0.231. The molecule has 0 unspecified atom stereocenters. The van der Waals surface area contributed by atoms with Crippen LogP contribution in [-0.4, -0.2) is 10.8 Å². The molecule has 0 fully saturated rings. The van der Waals surface area contributed by atoms with E-state index in [0.717, 1.165) is 16.2 Å². The fourth-order valence-corrected chi connectivity index (χ4v) is 1.96. The molecular formula is C13H13NO2S. The summed E-state index contributed by atoms with van der Waals surface area (Å²) in [5, 5.41) is 0. The number of hydrogen-bond acceptors (Lipinski definition) is 4. The van der Waals surface area contributed by atoms with Gasteiger partial charge in [-0.2, -0.15) is 0 Å². The second-order valence-electron chi connectivity index (χ2n) is 3.78. The first-order valence-electron chi connectivity index (χ1n) is 5.32. The summed E-state index contributed by atoms with van der Waals surface area (Å²) in [7, 11) is 0. The van der Waals surface area contributed by atoms with Gasteiger partial charge in [0.05, 0.1) is 10.4 Å². The molecule has 0 aliphatic rings. The van der Waals surface area contributed by atoms with E-state index in [-0.39, 0.29) is 5.78 Å². The lowest BCUT2D eigenvalue weighted by Crippen LogP contribution is -1.97. The number of nitrogens with zero attached hydrogens (tertiary/aromatic N) is 1. The monoisotopic (exact) mass is 247 g/mol. The molecule has 1 heterocycles. The van der Waals surface area contributed by atoms with Gasteiger partial charge in [-0.25, -0.2) is 0 Å². The number of hydrogen-bond donors (Lipinski definition) is 0. The number of carbonyl (C=O) groups excluding carboxylic acids is 1. The van der Waals surface area contributed by atoms with Crippen LogP contribution in [0, 0.1) is 0 Å². The molecule has 4 heteroatoms. The SMILES string of the molecule is CC(=O)Cc1ccc(OCc2cncs2)cc1. The number of Topliss-reactive ketones (excluding diaryl/α,β-unsaturated/α-hetero) is 1. The van der Waals surface area contributed by atoms with E-state index in [4.69, 9.17) is 4.74 Å². The first-order valence-corrected chi connectivity index (χ1v) is 6.20. The topological polar surface area (TPSA) is 39.2 Å². The van der Waals surface area contributed by atoms with Gasteiger partial charge in [0.25, 0.3) is 0 Å². The normalized spacial score (nSPS) is 10.2. The lowest BCUT2D eigenvalue weighted by molar-refractivity contribution is -0.116. The molecule has 0 saturated heterocycles. The van der Waals surface area contributed by atoms with Crippen LogP contribution in [0.4, 0.5) is 0 Å². The second-order valence-corrected chi connectivity index (χ2v) is 4.75. The van der Waals surface area contributed by atoms with Crippen LogP contribution in [0.15, 0.2) is 36.0 Å². The third-order valence-electron chi connectivity index (χ3n) is 2.24. The Morgan fingerprint density at radius 1 is 1.35 bits per heavy atom. The van der Waals surface area contributed by atoms with Crippen molar-refractivity contribution in [3.8, 4) is 5.75 Å². The third kappa shape index (κ3) is 3.67. The Bertz CT molecular complexity index is 477. The zero-order valence-electron chi connectivity index (χ0n) is 9.55. The highest BCUT2D eigenvalue weighted by molar-refractivity contribution is 7.09. The van der Waals surface area contributed by atoms with Crippen molar-refractivity contribution in [1.29, 1.82) is 0 Å². The summed E-state index contributed by atoms with van der Waals surface area (Å²) in [5.41, 5.74) is 2.80. The molecule has 3 nitrogen and oxygen atoms in total. The van der Waals surface area contributed by atoms with E-state index in [0.29, 0.717) is 13.0 Å². The van der Waals surface area contributed by atoms with Crippen molar-refractivity contribution in [2.45, 2.75) is 20.0 Å². The van der Waals surface area contributed by atoms with Gasteiger partial charge in [0, 0.05) is 12.6 Å². The highest BCUT2D eigenvalue weighted by Crippen LogP contribution is 2.15. The van der Waals surface area contributed by atoms with Crippen LogP contribution < -0.4 is 4.74 Å². The number of ketones is 1. The first kappa shape index (κ1) is 11.8. The van der Waals surface area contributed by atoms with Crippen LogP contribution in [-0.2, 0) is 17.8 Å². The standard InChI is InChI=1S/C13H13NO2S/c1-10(15)6-11-2-4-12(5-3-11)16-8-13-7-14-9-17-13/h2-5,7,9H,6,8H2,1H3. The number of rotatable bonds is 5. The molecule has 0 saturated carbocycles. The summed E-state index contributed by atoms with van der Waals surface area (Å²) < 4.78 is 5.60. The van der Waals surface area contributed by atoms with E-state index in [1.54, 1.807) is 30.0 Å². The highest BCUT2D eigenvalue weighted by Gasteiger charge is 2.00. The molecule has 2 aromatic rings. The van der Waals surface area contributed by atoms with Crippen LogP contribution in [0.5, 0.6) is 5.75 Å². The summed E-state index contributed by atoms with van der Waals surface area (Å²) in [4.78, 5) is 16.0. The first-order chi connectivity index (χ1) is 8.24. The molecule has 0 aliphatic carbocycles. The van der Waals surface area contributed by atoms with Crippen LogP contribution in [0.2, 0.25) is 0 Å². The van der Waals surface area contributed by atoms with E-state index >= 15 is 0 Å². The maximum atomic E-state index is 10.9. The number of thiazole rings is 1. The van der Waals surface area contributed by atoms with Crippen molar-refractivity contribution in [1.82, 2.24) is 4.98 Å². The minimum absolute atomic E-state index is 0.170. The molecule has 88 valence electrons. The molecule has 0 amide bonds. The molecular weight excluding hydrogens is 234 g/mol. The van der Waals surface area contributed by atoms with Gasteiger partial charge in [0.15, 0.2) is 0 Å². The molecule has 1 aromatic heterocycles. The quantitative estimate of drug-likeness (QED) is 0.815. The maximum absolute atomic E-state index is 10.9. The summed E-state index contributed by atoms with van der Waals surface area (Å²) >= 11 is 1.57. The summed E-state index contributed by atoms with van der Waals surface area (Å²) in [6.07, 6.45) is 2.28. The third-order valence-corrected chi connectivity index (χ3v) is 2.99. The largest absolute Gasteiger partial charge is 0.488 e. The van der Waals surface area contributed by atoms with Crippen molar-refractivity contribution in [3.05, 3.63) is 46.4 Å². The van der Waals surface area contributed by atoms with E-state index in [2.05, 4.69) is 4.98 Å². The predicted molar refractivity (Wildman–Crippen MR) is 67.3 cm³/mol. The van der Waals surface area contributed by atoms with Crippen molar-refractivity contribution in [2.75, 3.05) is 0 Å². The molecule has 2 rings (SSSR count). The predicted octanol–water partition coefficient (Wildman–Crippen LogP) is 2.85. The fourth-order valence-electron chi connectivity index (χ4n) is 1.46. The lowest BCUT2D eigenvalue weighted by Gasteiger charge is -2.05. The van der Waals surface area contributed by atoms with Gasteiger partial charge < -0.3 is 4.74 Å². The number of carbonyl (C=O) groups is 1. The molecule has 17 heavy (non-hydrogen) atoms. The summed E-state index contributed by atoms with van der Waals surface area (Å²) in [6, 6.07) is 7.62. The highest BCUT2D eigenvalue weighted by atomic mass is 32.1. The van der Waals surface area contributed by atoms with Crippen molar-refractivity contribution < 1.29 is 9.53 Å². The van der Waals surface area contributed by atoms with E-state index in [1.165, 1.54) is 0 Å². The zero-order valence-corrected chi connectivity index (χ0v) is 10.4. The molecule has 0 atom stereocenters. The van der Waals surface area contributed by atoms with E-state index in [1.807, 2.05) is 24.3 Å². The molecule has 0 aliphatic heterocycles. The Morgan fingerprint density at radius 3 is 2.71 bits per heavy atom. The van der Waals surface area contributed by atoms with Crippen LogP contribution in [0.3, 0.4) is 0 Å². The Hall–Kier alpha value is -1.68.